The van der Waals surface area contributed by atoms with Crippen LogP contribution in [0.4, 0.5) is 13.2 Å². The smallest absolute Gasteiger partial charge is 0.348 e. The Morgan fingerprint density at radius 2 is 2.10 bits per heavy atom. The molecule has 0 spiro atoms. The van der Waals surface area contributed by atoms with Crippen molar-refractivity contribution in [2.75, 3.05) is 13.1 Å². The van der Waals surface area contributed by atoms with Gasteiger partial charge >= 0.3 is 6.18 Å². The molecule has 1 aromatic rings. The lowest BCUT2D eigenvalue weighted by molar-refractivity contribution is -0.138. The molecule has 1 unspecified atom stereocenters. The van der Waals surface area contributed by atoms with Crippen molar-refractivity contribution in [3.05, 3.63) is 33.8 Å². The largest absolute Gasteiger partial charge is 0.417 e. The molecule has 0 aromatic heterocycles. The monoisotopic (exact) mass is 372 g/mol. The highest BCUT2D eigenvalue weighted by Gasteiger charge is 2.35. The summed E-state index contributed by atoms with van der Waals surface area (Å²) >= 11 is 2.98. The van der Waals surface area contributed by atoms with Crippen LogP contribution in [0, 0.1) is 0 Å². The van der Waals surface area contributed by atoms with Crippen LogP contribution in [-0.2, 0) is 6.18 Å². The second-order valence-corrected chi connectivity index (χ2v) is 5.27. The normalized spacial score (nSPS) is 18.5. The van der Waals surface area contributed by atoms with E-state index < -0.39 is 17.6 Å². The standard InChI is InChI=1S/C12H12BrF3N2O.ClH/c13-7-1-2-9(10(5-7)12(14,15)16)11(19)18-8-3-4-17-6-8;/h1-2,5,8,17H,3-4,6H2,(H,18,19);1H. The lowest BCUT2D eigenvalue weighted by atomic mass is 10.1. The summed E-state index contributed by atoms with van der Waals surface area (Å²) in [6.45, 7) is 1.35. The Balaban J connectivity index is 0.00000200. The molecule has 0 radical (unpaired) electrons. The third kappa shape index (κ3) is 4.10. The van der Waals surface area contributed by atoms with E-state index in [1.54, 1.807) is 0 Å². The Kier molecular flexibility index (Phi) is 5.85. The van der Waals surface area contributed by atoms with E-state index in [0.29, 0.717) is 11.0 Å². The van der Waals surface area contributed by atoms with Crippen LogP contribution in [0.5, 0.6) is 0 Å². The Bertz CT molecular complexity index is 490. The third-order valence-electron chi connectivity index (χ3n) is 2.93. The Labute approximate surface area is 128 Å². The first kappa shape index (κ1) is 17.3. The van der Waals surface area contributed by atoms with Crippen molar-refractivity contribution in [2.45, 2.75) is 18.6 Å². The zero-order valence-electron chi connectivity index (χ0n) is 10.3. The third-order valence-corrected chi connectivity index (χ3v) is 3.42. The summed E-state index contributed by atoms with van der Waals surface area (Å²) < 4.78 is 39.0. The number of hydrogen-bond acceptors (Lipinski definition) is 2. The number of halogens is 5. The molecule has 1 aliphatic heterocycles. The molecule has 0 aliphatic carbocycles. The van der Waals surface area contributed by atoms with Crippen LogP contribution in [0.1, 0.15) is 22.3 Å². The van der Waals surface area contributed by atoms with Gasteiger partial charge < -0.3 is 10.6 Å². The summed E-state index contributed by atoms with van der Waals surface area (Å²) in [5, 5.41) is 5.65. The fourth-order valence-corrected chi connectivity index (χ4v) is 2.35. The first-order valence-corrected chi connectivity index (χ1v) is 6.55. The molecule has 1 aliphatic rings. The Morgan fingerprint density at radius 3 is 2.65 bits per heavy atom. The minimum absolute atomic E-state index is 0. The van der Waals surface area contributed by atoms with Crippen LogP contribution >= 0.6 is 28.3 Å². The van der Waals surface area contributed by atoms with Crippen molar-refractivity contribution in [3.63, 3.8) is 0 Å². The molecule has 0 saturated carbocycles. The molecule has 3 nitrogen and oxygen atoms in total. The lowest BCUT2D eigenvalue weighted by Gasteiger charge is -2.16. The molecule has 112 valence electrons. The van der Waals surface area contributed by atoms with Gasteiger partial charge in [0.1, 0.15) is 0 Å². The number of carbonyl (C=O) groups excluding carboxylic acids is 1. The number of hydrogen-bond donors (Lipinski definition) is 2. The molecule has 1 aromatic carbocycles. The molecule has 0 bridgehead atoms. The highest BCUT2D eigenvalue weighted by molar-refractivity contribution is 9.10. The molecular weight excluding hydrogens is 360 g/mol. The van der Waals surface area contributed by atoms with Gasteiger partial charge in [-0.2, -0.15) is 13.2 Å². The van der Waals surface area contributed by atoms with Gasteiger partial charge in [-0.05, 0) is 31.2 Å². The van der Waals surface area contributed by atoms with Crippen molar-refractivity contribution in [1.29, 1.82) is 0 Å². The van der Waals surface area contributed by atoms with Crippen molar-refractivity contribution in [1.82, 2.24) is 10.6 Å². The van der Waals surface area contributed by atoms with Crippen LogP contribution in [0.3, 0.4) is 0 Å². The topological polar surface area (TPSA) is 41.1 Å². The van der Waals surface area contributed by atoms with E-state index in [9.17, 15) is 18.0 Å². The fraction of sp³-hybridized carbons (Fsp3) is 0.417. The van der Waals surface area contributed by atoms with E-state index >= 15 is 0 Å². The van der Waals surface area contributed by atoms with Crippen LogP contribution in [0.15, 0.2) is 22.7 Å². The van der Waals surface area contributed by atoms with Gasteiger partial charge in [0, 0.05) is 17.1 Å². The highest BCUT2D eigenvalue weighted by Crippen LogP contribution is 2.33. The van der Waals surface area contributed by atoms with Gasteiger partial charge in [-0.25, -0.2) is 0 Å². The van der Waals surface area contributed by atoms with E-state index in [1.165, 1.54) is 12.1 Å². The molecule has 1 heterocycles. The maximum absolute atomic E-state index is 12.9. The SMILES string of the molecule is Cl.O=C(NC1CCNC1)c1ccc(Br)cc1C(F)(F)F. The van der Waals surface area contributed by atoms with Gasteiger partial charge in [0.25, 0.3) is 5.91 Å². The van der Waals surface area contributed by atoms with Gasteiger partial charge in [0.05, 0.1) is 11.1 Å². The first-order valence-electron chi connectivity index (χ1n) is 5.76. The summed E-state index contributed by atoms with van der Waals surface area (Å²) in [5.41, 5.74) is -1.27. The number of benzene rings is 1. The van der Waals surface area contributed by atoms with Crippen molar-refractivity contribution in [3.8, 4) is 0 Å². The molecule has 2 N–H and O–H groups in total. The molecule has 2 rings (SSSR count). The van der Waals surface area contributed by atoms with Crippen LogP contribution < -0.4 is 10.6 Å². The molecule has 1 amide bonds. The number of carbonyl (C=O) groups is 1. The van der Waals surface area contributed by atoms with E-state index in [4.69, 9.17) is 0 Å². The van der Waals surface area contributed by atoms with E-state index in [2.05, 4.69) is 26.6 Å². The molecule has 1 fully saturated rings. The average molecular weight is 374 g/mol. The Morgan fingerprint density at radius 1 is 1.40 bits per heavy atom. The first-order chi connectivity index (χ1) is 8.88. The number of amides is 1. The molecule has 20 heavy (non-hydrogen) atoms. The fourth-order valence-electron chi connectivity index (χ4n) is 1.99. The molecule has 1 saturated heterocycles. The van der Waals surface area contributed by atoms with Crippen molar-refractivity contribution < 1.29 is 18.0 Å². The maximum Gasteiger partial charge on any atom is 0.417 e. The van der Waals surface area contributed by atoms with Crippen molar-refractivity contribution in [2.24, 2.45) is 0 Å². The van der Waals surface area contributed by atoms with Crippen LogP contribution in [0.2, 0.25) is 0 Å². The lowest BCUT2D eigenvalue weighted by Crippen LogP contribution is -2.37. The summed E-state index contributed by atoms with van der Waals surface area (Å²) in [6, 6.07) is 3.42. The zero-order chi connectivity index (χ0) is 14.0. The van der Waals surface area contributed by atoms with Gasteiger partial charge in [-0.15, -0.1) is 12.4 Å². The van der Waals surface area contributed by atoms with Crippen LogP contribution in [-0.4, -0.2) is 25.0 Å². The van der Waals surface area contributed by atoms with Crippen LogP contribution in [0.25, 0.3) is 0 Å². The molecular formula is C12H13BrClF3N2O. The predicted octanol–water partition coefficient (Wildman–Crippen LogP) is 2.98. The number of rotatable bonds is 2. The van der Waals surface area contributed by atoms with Crippen molar-refractivity contribution >= 4 is 34.2 Å². The summed E-state index contributed by atoms with van der Waals surface area (Å²) in [7, 11) is 0. The van der Waals surface area contributed by atoms with Gasteiger partial charge in [0.15, 0.2) is 0 Å². The summed E-state index contributed by atoms with van der Waals surface area (Å²) in [4.78, 5) is 11.9. The minimum atomic E-state index is -4.55. The second-order valence-electron chi connectivity index (χ2n) is 4.35. The predicted molar refractivity (Wildman–Crippen MR) is 75.1 cm³/mol. The van der Waals surface area contributed by atoms with E-state index in [0.717, 1.165) is 19.0 Å². The number of alkyl halides is 3. The van der Waals surface area contributed by atoms with Gasteiger partial charge in [-0.3, -0.25) is 4.79 Å². The summed E-state index contributed by atoms with van der Waals surface area (Å²) in [5.74, 6) is -0.687. The average Bonchev–Trinajstić information content (AvgIpc) is 2.80. The summed E-state index contributed by atoms with van der Waals surface area (Å²) in [6.07, 6.45) is -3.83. The number of nitrogens with one attached hydrogen (secondary N) is 2. The van der Waals surface area contributed by atoms with Gasteiger partial charge in [0.2, 0.25) is 0 Å². The Hall–Kier alpha value is -0.790. The quantitative estimate of drug-likeness (QED) is 0.837. The molecule has 8 heteroatoms. The van der Waals surface area contributed by atoms with E-state index in [-0.39, 0.29) is 24.0 Å². The zero-order valence-corrected chi connectivity index (χ0v) is 12.7. The maximum atomic E-state index is 12.9. The second kappa shape index (κ2) is 6.78. The van der Waals surface area contributed by atoms with E-state index in [1.807, 2.05) is 0 Å². The van der Waals surface area contributed by atoms with Gasteiger partial charge in [-0.1, -0.05) is 15.9 Å². The highest BCUT2D eigenvalue weighted by atomic mass is 79.9. The minimum Gasteiger partial charge on any atom is -0.348 e. The molecule has 1 atom stereocenters.